The SMILES string of the molecule is O=C(c1cnccc1C(F)(F)F)N1C[C@H]2C[C@@H](Nc3cnccn3)[C@H](O)C[C@H]2C1. The largest absolute Gasteiger partial charge is 0.417 e. The van der Waals surface area contributed by atoms with Crippen LogP contribution in [0.5, 0.6) is 0 Å². The molecule has 3 heterocycles. The lowest BCUT2D eigenvalue weighted by Gasteiger charge is -2.35. The number of anilines is 1. The summed E-state index contributed by atoms with van der Waals surface area (Å²) in [5.74, 6) is 0.00116. The van der Waals surface area contributed by atoms with E-state index < -0.39 is 29.3 Å². The van der Waals surface area contributed by atoms with E-state index in [0.29, 0.717) is 31.7 Å². The van der Waals surface area contributed by atoms with Crippen LogP contribution in [-0.4, -0.2) is 56.1 Å². The van der Waals surface area contributed by atoms with Crippen molar-refractivity contribution in [3.05, 3.63) is 48.2 Å². The minimum atomic E-state index is -4.62. The molecule has 1 saturated carbocycles. The van der Waals surface area contributed by atoms with Gasteiger partial charge in [0.05, 0.1) is 29.5 Å². The van der Waals surface area contributed by atoms with Crippen molar-refractivity contribution in [2.24, 2.45) is 11.8 Å². The van der Waals surface area contributed by atoms with E-state index in [2.05, 4.69) is 20.3 Å². The Morgan fingerprint density at radius 3 is 2.52 bits per heavy atom. The van der Waals surface area contributed by atoms with Crippen LogP contribution in [0.4, 0.5) is 19.0 Å². The van der Waals surface area contributed by atoms with E-state index in [1.54, 1.807) is 18.6 Å². The van der Waals surface area contributed by atoms with Crippen molar-refractivity contribution in [1.82, 2.24) is 19.9 Å². The number of hydrogen-bond acceptors (Lipinski definition) is 6. The number of hydrogen-bond donors (Lipinski definition) is 2. The van der Waals surface area contributed by atoms with Crippen LogP contribution in [0.15, 0.2) is 37.1 Å². The van der Waals surface area contributed by atoms with Crippen LogP contribution in [0.3, 0.4) is 0 Å². The number of alkyl halides is 3. The first-order valence-corrected chi connectivity index (χ1v) is 9.34. The molecule has 0 radical (unpaired) electrons. The number of aliphatic hydroxyl groups is 1. The van der Waals surface area contributed by atoms with E-state index in [0.717, 1.165) is 18.5 Å². The van der Waals surface area contributed by atoms with E-state index in [9.17, 15) is 23.1 Å². The van der Waals surface area contributed by atoms with Crippen LogP contribution in [0.1, 0.15) is 28.8 Å². The Morgan fingerprint density at radius 1 is 1.10 bits per heavy atom. The molecule has 1 saturated heterocycles. The number of amides is 1. The summed E-state index contributed by atoms with van der Waals surface area (Å²) in [6.45, 7) is 0.672. The molecule has 1 aliphatic heterocycles. The third-order valence-corrected chi connectivity index (χ3v) is 5.68. The second-order valence-electron chi connectivity index (χ2n) is 7.53. The molecule has 4 rings (SSSR count). The predicted molar refractivity (Wildman–Crippen MR) is 96.8 cm³/mol. The summed E-state index contributed by atoms with van der Waals surface area (Å²) in [5, 5.41) is 13.7. The number of rotatable bonds is 3. The molecule has 1 amide bonds. The fraction of sp³-hybridized carbons (Fsp3) is 0.474. The Bertz CT molecular complexity index is 880. The molecule has 2 aromatic rings. The van der Waals surface area contributed by atoms with Gasteiger partial charge in [-0.1, -0.05) is 0 Å². The van der Waals surface area contributed by atoms with E-state index in [-0.39, 0.29) is 17.9 Å². The summed E-state index contributed by atoms with van der Waals surface area (Å²) in [7, 11) is 0. The fourth-order valence-corrected chi connectivity index (χ4v) is 4.30. The number of likely N-dealkylation sites (tertiary alicyclic amines) is 1. The molecule has 2 aliphatic rings. The topological polar surface area (TPSA) is 91.2 Å². The Balaban J connectivity index is 1.47. The second kappa shape index (κ2) is 7.58. The average Bonchev–Trinajstić information content (AvgIpc) is 3.10. The number of halogens is 3. The van der Waals surface area contributed by atoms with Crippen molar-refractivity contribution in [3.8, 4) is 0 Å². The molecular weight excluding hydrogens is 387 g/mol. The highest BCUT2D eigenvalue weighted by atomic mass is 19.4. The van der Waals surface area contributed by atoms with Crippen LogP contribution in [0.2, 0.25) is 0 Å². The van der Waals surface area contributed by atoms with E-state index in [1.165, 1.54) is 4.90 Å². The summed E-state index contributed by atoms with van der Waals surface area (Å²) in [4.78, 5) is 26.1. The van der Waals surface area contributed by atoms with Gasteiger partial charge >= 0.3 is 6.18 Å². The van der Waals surface area contributed by atoms with E-state index in [1.807, 2.05) is 0 Å². The van der Waals surface area contributed by atoms with Crippen molar-refractivity contribution in [2.45, 2.75) is 31.2 Å². The number of pyridine rings is 1. The van der Waals surface area contributed by atoms with Crippen LogP contribution in [0, 0.1) is 11.8 Å². The van der Waals surface area contributed by atoms with Gasteiger partial charge in [-0.05, 0) is 30.7 Å². The normalized spacial score (nSPS) is 26.8. The molecule has 2 aromatic heterocycles. The van der Waals surface area contributed by atoms with Crippen LogP contribution >= 0.6 is 0 Å². The van der Waals surface area contributed by atoms with Gasteiger partial charge in [0.15, 0.2) is 0 Å². The molecule has 154 valence electrons. The van der Waals surface area contributed by atoms with Gasteiger partial charge in [-0.25, -0.2) is 4.98 Å². The molecule has 0 aromatic carbocycles. The molecule has 2 N–H and O–H groups in total. The summed E-state index contributed by atoms with van der Waals surface area (Å²) >= 11 is 0. The lowest BCUT2D eigenvalue weighted by Crippen LogP contribution is -2.43. The highest BCUT2D eigenvalue weighted by Gasteiger charge is 2.44. The quantitative estimate of drug-likeness (QED) is 0.811. The van der Waals surface area contributed by atoms with Gasteiger partial charge in [-0.2, -0.15) is 13.2 Å². The second-order valence-corrected chi connectivity index (χ2v) is 7.53. The zero-order valence-electron chi connectivity index (χ0n) is 15.4. The number of nitrogens with one attached hydrogen (secondary N) is 1. The summed E-state index contributed by atoms with van der Waals surface area (Å²) in [5.41, 5.74) is -1.41. The lowest BCUT2D eigenvalue weighted by molar-refractivity contribution is -0.138. The first-order valence-electron chi connectivity index (χ1n) is 9.34. The van der Waals surface area contributed by atoms with Crippen LogP contribution in [-0.2, 0) is 6.18 Å². The molecule has 0 unspecified atom stereocenters. The van der Waals surface area contributed by atoms with Gasteiger partial charge in [0, 0.05) is 37.9 Å². The standard InChI is InChI=1S/C19H20F3N5O2/c20-19(21,22)14-1-2-23-7-13(14)18(29)27-9-11-5-15(16(28)6-12(11)10-27)26-17-8-24-3-4-25-17/h1-4,7-8,11-12,15-16,28H,5-6,9-10H2,(H,25,26)/t11-,12+,15-,16-/m1/s1. The maximum Gasteiger partial charge on any atom is 0.417 e. The lowest BCUT2D eigenvalue weighted by atomic mass is 9.77. The molecule has 1 aliphatic carbocycles. The first kappa shape index (κ1) is 19.6. The van der Waals surface area contributed by atoms with Crippen molar-refractivity contribution < 1.29 is 23.1 Å². The highest BCUT2D eigenvalue weighted by molar-refractivity contribution is 5.95. The molecular formula is C19H20F3N5O2. The van der Waals surface area contributed by atoms with E-state index in [4.69, 9.17) is 0 Å². The van der Waals surface area contributed by atoms with Gasteiger partial charge in [0.2, 0.25) is 0 Å². The number of carbonyl (C=O) groups is 1. The van der Waals surface area contributed by atoms with Gasteiger partial charge in [-0.3, -0.25) is 14.8 Å². The van der Waals surface area contributed by atoms with Gasteiger partial charge in [-0.15, -0.1) is 0 Å². The number of fused-ring (bicyclic) bond motifs is 1. The van der Waals surface area contributed by atoms with E-state index >= 15 is 0 Å². The maximum absolute atomic E-state index is 13.3. The molecule has 0 spiro atoms. The molecule has 2 fully saturated rings. The minimum absolute atomic E-state index is 0.0415. The molecule has 29 heavy (non-hydrogen) atoms. The monoisotopic (exact) mass is 407 g/mol. The average molecular weight is 407 g/mol. The smallest absolute Gasteiger partial charge is 0.391 e. The predicted octanol–water partition coefficient (Wildman–Crippen LogP) is 2.21. The maximum atomic E-state index is 13.3. The number of aromatic nitrogens is 3. The molecule has 0 bridgehead atoms. The Kier molecular flexibility index (Phi) is 5.12. The van der Waals surface area contributed by atoms with Crippen LogP contribution < -0.4 is 5.32 Å². The summed E-state index contributed by atoms with van der Waals surface area (Å²) in [6, 6.07) is 0.563. The Morgan fingerprint density at radius 2 is 1.83 bits per heavy atom. The molecule has 7 nitrogen and oxygen atoms in total. The Labute approximate surface area is 165 Å². The van der Waals surface area contributed by atoms with Crippen molar-refractivity contribution in [3.63, 3.8) is 0 Å². The minimum Gasteiger partial charge on any atom is -0.391 e. The van der Waals surface area contributed by atoms with Gasteiger partial charge in [0.25, 0.3) is 5.91 Å². The summed E-state index contributed by atoms with van der Waals surface area (Å²) < 4.78 is 39.8. The zero-order valence-corrected chi connectivity index (χ0v) is 15.4. The molecule has 4 atom stereocenters. The molecule has 10 heteroatoms. The zero-order chi connectivity index (χ0) is 20.6. The van der Waals surface area contributed by atoms with Crippen LogP contribution in [0.25, 0.3) is 0 Å². The van der Waals surface area contributed by atoms with Gasteiger partial charge in [0.1, 0.15) is 5.82 Å². The Hall–Kier alpha value is -2.75. The number of carbonyl (C=O) groups excluding carboxylic acids is 1. The van der Waals surface area contributed by atoms with Crippen molar-refractivity contribution in [1.29, 1.82) is 0 Å². The summed E-state index contributed by atoms with van der Waals surface area (Å²) in [6.07, 6.45) is 2.44. The first-order chi connectivity index (χ1) is 13.8. The van der Waals surface area contributed by atoms with Gasteiger partial charge < -0.3 is 15.3 Å². The number of nitrogens with zero attached hydrogens (tertiary/aromatic N) is 4. The van der Waals surface area contributed by atoms with Crippen molar-refractivity contribution in [2.75, 3.05) is 18.4 Å². The third-order valence-electron chi connectivity index (χ3n) is 5.68. The highest BCUT2D eigenvalue weighted by Crippen LogP contribution is 2.39. The third kappa shape index (κ3) is 4.02. The fourth-order valence-electron chi connectivity index (χ4n) is 4.30. The van der Waals surface area contributed by atoms with Crippen molar-refractivity contribution >= 4 is 11.7 Å². The number of aliphatic hydroxyl groups excluding tert-OH is 1.